The highest BCUT2D eigenvalue weighted by atomic mass is 14.7. The van der Waals surface area contributed by atoms with E-state index in [1.807, 2.05) is 19.1 Å². The number of aryl methyl sites for hydroxylation is 1. The molecule has 72 valence electrons. The smallest absolute Gasteiger partial charge is 0.0697 e. The molecule has 0 amide bonds. The van der Waals surface area contributed by atoms with Crippen LogP contribution in [0.2, 0.25) is 0 Å². The number of nitrogens with zero attached hydrogens (tertiary/aromatic N) is 1. The van der Waals surface area contributed by atoms with Crippen LogP contribution < -0.4 is 0 Å². The molecule has 1 nitrogen and oxygen atoms in total. The molecule has 0 aromatic heterocycles. The fraction of sp³-hybridized carbons (Fsp3) is 0.154. The monoisotopic (exact) mass is 185 g/mol. The minimum absolute atomic E-state index is 0.950. The third-order valence-corrected chi connectivity index (χ3v) is 1.86. The lowest BCUT2D eigenvalue weighted by molar-refractivity contribution is 1.42. The van der Waals surface area contributed by atoms with Crippen molar-refractivity contribution in [2.45, 2.75) is 13.8 Å². The van der Waals surface area contributed by atoms with Crippen molar-refractivity contribution in [3.05, 3.63) is 54.1 Å². The Morgan fingerprint density at radius 3 is 2.79 bits per heavy atom. The number of rotatable bonds is 3. The van der Waals surface area contributed by atoms with Crippen molar-refractivity contribution in [2.24, 2.45) is 4.99 Å². The Kier molecular flexibility index (Phi) is 3.86. The first-order valence-electron chi connectivity index (χ1n) is 4.66. The van der Waals surface area contributed by atoms with Gasteiger partial charge in [0.1, 0.15) is 0 Å². The third-order valence-electron chi connectivity index (χ3n) is 1.86. The highest BCUT2D eigenvalue weighted by Gasteiger charge is 1.97. The van der Waals surface area contributed by atoms with Gasteiger partial charge in [-0.1, -0.05) is 36.4 Å². The summed E-state index contributed by atoms with van der Waals surface area (Å²) in [5.41, 5.74) is 3.32. The van der Waals surface area contributed by atoms with E-state index in [0.29, 0.717) is 0 Å². The van der Waals surface area contributed by atoms with Crippen LogP contribution in [0.4, 0.5) is 0 Å². The van der Waals surface area contributed by atoms with Crippen LogP contribution in [0.3, 0.4) is 0 Å². The van der Waals surface area contributed by atoms with Gasteiger partial charge < -0.3 is 0 Å². The molecule has 1 aromatic rings. The van der Waals surface area contributed by atoms with Gasteiger partial charge in [-0.3, -0.25) is 4.99 Å². The second-order valence-corrected chi connectivity index (χ2v) is 3.04. The van der Waals surface area contributed by atoms with Crippen LogP contribution in [0, 0.1) is 6.92 Å². The van der Waals surface area contributed by atoms with Gasteiger partial charge in [0.2, 0.25) is 0 Å². The van der Waals surface area contributed by atoms with E-state index in [1.165, 1.54) is 5.56 Å². The minimum atomic E-state index is 0.950. The summed E-state index contributed by atoms with van der Waals surface area (Å²) in [6.07, 6.45) is 5.46. The lowest BCUT2D eigenvalue weighted by atomic mass is 10.1. The lowest BCUT2D eigenvalue weighted by Gasteiger charge is -2.01. The molecule has 0 saturated carbocycles. The maximum atomic E-state index is 4.29. The van der Waals surface area contributed by atoms with Gasteiger partial charge in [0, 0.05) is 11.8 Å². The molecule has 14 heavy (non-hydrogen) atoms. The molecule has 0 fully saturated rings. The number of benzene rings is 1. The van der Waals surface area contributed by atoms with E-state index in [2.05, 4.69) is 36.7 Å². The van der Waals surface area contributed by atoms with Gasteiger partial charge in [0.05, 0.1) is 5.70 Å². The zero-order chi connectivity index (χ0) is 10.4. The van der Waals surface area contributed by atoms with Gasteiger partial charge in [-0.15, -0.1) is 0 Å². The van der Waals surface area contributed by atoms with Crippen molar-refractivity contribution in [2.75, 3.05) is 0 Å². The maximum Gasteiger partial charge on any atom is 0.0697 e. The van der Waals surface area contributed by atoms with Crippen LogP contribution in [0.5, 0.6) is 0 Å². The van der Waals surface area contributed by atoms with Gasteiger partial charge in [0.15, 0.2) is 0 Å². The molecule has 0 spiro atoms. The van der Waals surface area contributed by atoms with E-state index in [0.717, 1.165) is 11.3 Å². The molecule has 0 aliphatic carbocycles. The Bertz CT molecular complexity index is 373. The summed E-state index contributed by atoms with van der Waals surface area (Å²) >= 11 is 0. The second kappa shape index (κ2) is 5.18. The summed E-state index contributed by atoms with van der Waals surface area (Å²) in [7, 11) is 0. The quantitative estimate of drug-likeness (QED) is 0.504. The maximum absolute atomic E-state index is 4.29. The summed E-state index contributed by atoms with van der Waals surface area (Å²) in [5, 5.41) is 0. The average Bonchev–Trinajstić information content (AvgIpc) is 2.17. The molecular formula is C13H15N. The lowest BCUT2D eigenvalue weighted by Crippen LogP contribution is -1.82. The Morgan fingerprint density at radius 1 is 1.43 bits per heavy atom. The summed E-state index contributed by atoms with van der Waals surface area (Å²) in [4.78, 5) is 4.29. The zero-order valence-corrected chi connectivity index (χ0v) is 8.70. The SMILES string of the molecule is C=C/C=C(\N=CC)c1cccc(C)c1. The molecule has 0 heterocycles. The summed E-state index contributed by atoms with van der Waals surface area (Å²) in [5.74, 6) is 0. The van der Waals surface area contributed by atoms with Gasteiger partial charge in [-0.25, -0.2) is 0 Å². The predicted molar refractivity (Wildman–Crippen MR) is 63.5 cm³/mol. The third kappa shape index (κ3) is 2.70. The molecule has 1 aromatic carbocycles. The van der Waals surface area contributed by atoms with Gasteiger partial charge in [0.25, 0.3) is 0 Å². The molecule has 0 bridgehead atoms. The first-order valence-corrected chi connectivity index (χ1v) is 4.66. The van der Waals surface area contributed by atoms with Crippen LogP contribution in [0.25, 0.3) is 5.70 Å². The summed E-state index contributed by atoms with van der Waals surface area (Å²) in [6.45, 7) is 7.66. The molecule has 0 saturated heterocycles. The van der Waals surface area contributed by atoms with Crippen molar-refractivity contribution >= 4 is 11.9 Å². The molecule has 0 aliphatic heterocycles. The van der Waals surface area contributed by atoms with Crippen LogP contribution in [-0.4, -0.2) is 6.21 Å². The van der Waals surface area contributed by atoms with Crippen molar-refractivity contribution in [1.82, 2.24) is 0 Å². The minimum Gasteiger partial charge on any atom is -0.261 e. The van der Waals surface area contributed by atoms with Crippen LogP contribution in [0.15, 0.2) is 48.0 Å². The summed E-state index contributed by atoms with van der Waals surface area (Å²) in [6, 6.07) is 8.27. The summed E-state index contributed by atoms with van der Waals surface area (Å²) < 4.78 is 0. The standard InChI is InChI=1S/C13H15N/c1-4-7-13(14-5-2)12-9-6-8-11(3)10-12/h4-10H,1H2,2-3H3/b13-7-,14-5?. The van der Waals surface area contributed by atoms with Gasteiger partial charge >= 0.3 is 0 Å². The van der Waals surface area contributed by atoms with Gasteiger partial charge in [-0.05, 0) is 26.0 Å². The van der Waals surface area contributed by atoms with Crippen molar-refractivity contribution in [1.29, 1.82) is 0 Å². The Morgan fingerprint density at radius 2 is 2.21 bits per heavy atom. The average molecular weight is 185 g/mol. The number of aliphatic imine (C=N–C) groups is 1. The molecule has 0 atom stereocenters. The Balaban J connectivity index is 3.11. The molecule has 0 N–H and O–H groups in total. The molecule has 0 unspecified atom stereocenters. The van der Waals surface area contributed by atoms with E-state index in [1.54, 1.807) is 12.3 Å². The van der Waals surface area contributed by atoms with Crippen molar-refractivity contribution in [3.63, 3.8) is 0 Å². The van der Waals surface area contributed by atoms with E-state index < -0.39 is 0 Å². The van der Waals surface area contributed by atoms with E-state index >= 15 is 0 Å². The number of hydrogen-bond acceptors (Lipinski definition) is 1. The van der Waals surface area contributed by atoms with Crippen molar-refractivity contribution < 1.29 is 0 Å². The van der Waals surface area contributed by atoms with Gasteiger partial charge in [-0.2, -0.15) is 0 Å². The Labute approximate surface area is 85.5 Å². The number of hydrogen-bond donors (Lipinski definition) is 0. The molecular weight excluding hydrogens is 170 g/mol. The first-order chi connectivity index (χ1) is 6.77. The normalized spacial score (nSPS) is 12.0. The fourth-order valence-corrected chi connectivity index (χ4v) is 1.27. The Hall–Kier alpha value is -1.63. The highest BCUT2D eigenvalue weighted by molar-refractivity contribution is 5.73. The molecule has 1 rings (SSSR count). The second-order valence-electron chi connectivity index (χ2n) is 3.04. The van der Waals surface area contributed by atoms with Crippen LogP contribution in [0.1, 0.15) is 18.1 Å². The van der Waals surface area contributed by atoms with E-state index in [4.69, 9.17) is 0 Å². The predicted octanol–water partition coefficient (Wildman–Crippen LogP) is 3.61. The van der Waals surface area contributed by atoms with E-state index in [9.17, 15) is 0 Å². The molecule has 1 heteroatoms. The van der Waals surface area contributed by atoms with Crippen molar-refractivity contribution in [3.8, 4) is 0 Å². The molecule has 0 aliphatic rings. The highest BCUT2D eigenvalue weighted by Crippen LogP contribution is 2.16. The topological polar surface area (TPSA) is 12.4 Å². The fourth-order valence-electron chi connectivity index (χ4n) is 1.27. The largest absolute Gasteiger partial charge is 0.261 e. The van der Waals surface area contributed by atoms with E-state index in [-0.39, 0.29) is 0 Å². The zero-order valence-electron chi connectivity index (χ0n) is 8.70. The molecule has 0 radical (unpaired) electrons. The number of allylic oxidation sites excluding steroid dienone is 2. The first kappa shape index (κ1) is 10.5. The van der Waals surface area contributed by atoms with Crippen LogP contribution >= 0.6 is 0 Å². The van der Waals surface area contributed by atoms with Crippen LogP contribution in [-0.2, 0) is 0 Å².